The number of ether oxygens (including phenoxy) is 1. The summed E-state index contributed by atoms with van der Waals surface area (Å²) in [6.07, 6.45) is 4.43. The second kappa shape index (κ2) is 8.10. The Kier molecular flexibility index (Phi) is 5.89. The van der Waals surface area contributed by atoms with Crippen molar-refractivity contribution in [2.45, 2.75) is 19.8 Å². The number of nitrogens with one attached hydrogen (secondary N) is 1. The molecule has 0 fully saturated rings. The Balaban J connectivity index is 2.27. The van der Waals surface area contributed by atoms with Crippen molar-refractivity contribution in [2.75, 3.05) is 24.4 Å². The van der Waals surface area contributed by atoms with E-state index in [2.05, 4.69) is 10.3 Å². The van der Waals surface area contributed by atoms with Crippen LogP contribution in [-0.2, 0) is 4.79 Å². The normalized spacial score (nSPS) is 10.1. The Morgan fingerprint density at radius 3 is 2.71 bits per heavy atom. The first-order valence-electron chi connectivity index (χ1n) is 7.72. The first-order chi connectivity index (χ1) is 11.6. The lowest BCUT2D eigenvalue weighted by molar-refractivity contribution is -0.116. The number of hydrogen-bond acceptors (Lipinski definition) is 4. The average molecular weight is 327 g/mol. The van der Waals surface area contributed by atoms with Crippen LogP contribution in [0.15, 0.2) is 42.7 Å². The smallest absolute Gasteiger partial charge is 0.258 e. The van der Waals surface area contributed by atoms with Crippen LogP contribution in [0.1, 0.15) is 30.1 Å². The summed E-state index contributed by atoms with van der Waals surface area (Å²) >= 11 is 0. The van der Waals surface area contributed by atoms with Crippen LogP contribution in [-0.4, -0.2) is 31.0 Å². The number of rotatable bonds is 6. The SMILES string of the molecule is CCCC(=O)Nc1cc(C(=O)N(C)c2cccnc2)ccc1OC. The number of anilines is 2. The van der Waals surface area contributed by atoms with E-state index in [1.54, 1.807) is 49.8 Å². The van der Waals surface area contributed by atoms with Crippen molar-refractivity contribution in [3.8, 4) is 5.75 Å². The van der Waals surface area contributed by atoms with E-state index in [4.69, 9.17) is 4.74 Å². The molecule has 6 nitrogen and oxygen atoms in total. The van der Waals surface area contributed by atoms with Gasteiger partial charge in [0.25, 0.3) is 5.91 Å². The molecule has 0 saturated carbocycles. The molecule has 0 unspecified atom stereocenters. The van der Waals surface area contributed by atoms with Crippen LogP contribution in [0.5, 0.6) is 5.75 Å². The Bertz CT molecular complexity index is 717. The van der Waals surface area contributed by atoms with Crippen molar-refractivity contribution in [1.29, 1.82) is 0 Å². The summed E-state index contributed by atoms with van der Waals surface area (Å²) < 4.78 is 5.25. The maximum atomic E-state index is 12.7. The molecule has 0 aliphatic carbocycles. The summed E-state index contributed by atoms with van der Waals surface area (Å²) in [5, 5.41) is 2.79. The van der Waals surface area contributed by atoms with Gasteiger partial charge in [-0.25, -0.2) is 0 Å². The third-order valence-electron chi connectivity index (χ3n) is 3.54. The summed E-state index contributed by atoms with van der Waals surface area (Å²) in [5.41, 5.74) is 1.63. The predicted molar refractivity (Wildman–Crippen MR) is 93.5 cm³/mol. The molecule has 126 valence electrons. The van der Waals surface area contributed by atoms with Crippen LogP contribution in [0, 0.1) is 0 Å². The zero-order valence-electron chi connectivity index (χ0n) is 14.1. The number of amides is 2. The fourth-order valence-corrected chi connectivity index (χ4v) is 2.24. The molecule has 1 heterocycles. The molecule has 24 heavy (non-hydrogen) atoms. The summed E-state index contributed by atoms with van der Waals surface area (Å²) in [5.74, 6) is 0.206. The highest BCUT2D eigenvalue weighted by molar-refractivity contribution is 6.07. The molecule has 2 rings (SSSR count). The second-order valence-electron chi connectivity index (χ2n) is 5.29. The van der Waals surface area contributed by atoms with E-state index < -0.39 is 0 Å². The average Bonchev–Trinajstić information content (AvgIpc) is 2.61. The number of nitrogens with zero attached hydrogens (tertiary/aromatic N) is 2. The number of carbonyl (C=O) groups excluding carboxylic acids is 2. The van der Waals surface area contributed by atoms with E-state index in [0.717, 1.165) is 6.42 Å². The maximum Gasteiger partial charge on any atom is 0.258 e. The molecule has 0 radical (unpaired) electrons. The largest absolute Gasteiger partial charge is 0.495 e. The summed E-state index contributed by atoms with van der Waals surface area (Å²) in [6.45, 7) is 1.93. The molecule has 0 spiro atoms. The number of benzene rings is 1. The Morgan fingerprint density at radius 1 is 1.29 bits per heavy atom. The van der Waals surface area contributed by atoms with Crippen molar-refractivity contribution < 1.29 is 14.3 Å². The number of hydrogen-bond donors (Lipinski definition) is 1. The van der Waals surface area contributed by atoms with Crippen molar-refractivity contribution in [3.05, 3.63) is 48.3 Å². The van der Waals surface area contributed by atoms with E-state index in [1.807, 2.05) is 6.92 Å². The van der Waals surface area contributed by atoms with Gasteiger partial charge in [-0.2, -0.15) is 0 Å². The van der Waals surface area contributed by atoms with Gasteiger partial charge in [0.15, 0.2) is 0 Å². The number of methoxy groups -OCH3 is 1. The molecule has 0 atom stereocenters. The zero-order chi connectivity index (χ0) is 17.5. The van der Waals surface area contributed by atoms with Gasteiger partial charge in [-0.15, -0.1) is 0 Å². The van der Waals surface area contributed by atoms with E-state index >= 15 is 0 Å². The van der Waals surface area contributed by atoms with Gasteiger partial charge in [-0.1, -0.05) is 6.92 Å². The lowest BCUT2D eigenvalue weighted by atomic mass is 10.1. The van der Waals surface area contributed by atoms with Crippen molar-refractivity contribution >= 4 is 23.2 Å². The maximum absolute atomic E-state index is 12.7. The minimum absolute atomic E-state index is 0.110. The van der Waals surface area contributed by atoms with Gasteiger partial charge in [-0.3, -0.25) is 14.6 Å². The molecule has 0 bridgehead atoms. The molecule has 0 saturated heterocycles. The van der Waals surface area contributed by atoms with Crippen LogP contribution in [0.4, 0.5) is 11.4 Å². The van der Waals surface area contributed by atoms with Gasteiger partial charge in [0, 0.05) is 25.2 Å². The van der Waals surface area contributed by atoms with Crippen LogP contribution in [0.25, 0.3) is 0 Å². The van der Waals surface area contributed by atoms with Crippen molar-refractivity contribution in [1.82, 2.24) is 4.98 Å². The third-order valence-corrected chi connectivity index (χ3v) is 3.54. The fourth-order valence-electron chi connectivity index (χ4n) is 2.24. The standard InChI is InChI=1S/C18H21N3O3/c1-4-6-17(22)20-15-11-13(8-9-16(15)24-3)18(23)21(2)14-7-5-10-19-12-14/h5,7-12H,4,6H2,1-3H3,(H,20,22). The Hall–Kier alpha value is -2.89. The monoisotopic (exact) mass is 327 g/mol. The first-order valence-corrected chi connectivity index (χ1v) is 7.72. The van der Waals surface area contributed by atoms with Crippen molar-refractivity contribution in [2.24, 2.45) is 0 Å². The molecule has 0 aliphatic rings. The van der Waals surface area contributed by atoms with Gasteiger partial charge in [0.05, 0.1) is 24.7 Å². The van der Waals surface area contributed by atoms with Gasteiger partial charge in [0.1, 0.15) is 5.75 Å². The third kappa shape index (κ3) is 4.10. The van der Waals surface area contributed by atoms with Crippen LogP contribution in [0.3, 0.4) is 0 Å². The molecule has 6 heteroatoms. The number of carbonyl (C=O) groups is 2. The highest BCUT2D eigenvalue weighted by Crippen LogP contribution is 2.27. The summed E-state index contributed by atoms with van der Waals surface area (Å²) in [6, 6.07) is 8.54. The Labute approximate surface area is 141 Å². The first kappa shape index (κ1) is 17.5. The van der Waals surface area contributed by atoms with E-state index in [-0.39, 0.29) is 11.8 Å². The van der Waals surface area contributed by atoms with Crippen LogP contribution < -0.4 is 15.0 Å². The molecule has 2 amide bonds. The molecular weight excluding hydrogens is 306 g/mol. The minimum Gasteiger partial charge on any atom is -0.495 e. The van der Waals surface area contributed by atoms with E-state index in [9.17, 15) is 9.59 Å². The summed E-state index contributed by atoms with van der Waals surface area (Å²) in [7, 11) is 3.20. The zero-order valence-corrected chi connectivity index (χ0v) is 14.1. The van der Waals surface area contributed by atoms with Crippen LogP contribution >= 0.6 is 0 Å². The molecule has 2 aromatic rings. The predicted octanol–water partition coefficient (Wildman–Crippen LogP) is 3.11. The van der Waals surface area contributed by atoms with Crippen molar-refractivity contribution in [3.63, 3.8) is 0 Å². The minimum atomic E-state index is -0.198. The van der Waals surface area contributed by atoms with Gasteiger partial charge in [-0.05, 0) is 36.8 Å². The molecule has 0 aliphatic heterocycles. The highest BCUT2D eigenvalue weighted by Gasteiger charge is 2.16. The Morgan fingerprint density at radius 2 is 2.08 bits per heavy atom. The molecule has 1 aromatic heterocycles. The van der Waals surface area contributed by atoms with Gasteiger partial charge < -0.3 is 15.0 Å². The quantitative estimate of drug-likeness (QED) is 0.885. The van der Waals surface area contributed by atoms with E-state index in [1.165, 1.54) is 12.0 Å². The van der Waals surface area contributed by atoms with Crippen LogP contribution in [0.2, 0.25) is 0 Å². The van der Waals surface area contributed by atoms with E-state index in [0.29, 0.717) is 29.1 Å². The molecule has 1 aromatic carbocycles. The second-order valence-corrected chi connectivity index (χ2v) is 5.29. The number of aromatic nitrogens is 1. The number of pyridine rings is 1. The topological polar surface area (TPSA) is 71.5 Å². The fraction of sp³-hybridized carbons (Fsp3) is 0.278. The molecular formula is C18H21N3O3. The lowest BCUT2D eigenvalue weighted by Gasteiger charge is -2.18. The molecule has 1 N–H and O–H groups in total. The highest BCUT2D eigenvalue weighted by atomic mass is 16.5. The van der Waals surface area contributed by atoms with Gasteiger partial charge in [0.2, 0.25) is 5.91 Å². The lowest BCUT2D eigenvalue weighted by Crippen LogP contribution is -2.26. The summed E-state index contributed by atoms with van der Waals surface area (Å²) in [4.78, 5) is 30.0. The van der Waals surface area contributed by atoms with Gasteiger partial charge >= 0.3 is 0 Å².